The Morgan fingerprint density at radius 1 is 1.33 bits per heavy atom. The fourth-order valence-corrected chi connectivity index (χ4v) is 2.64. The van der Waals surface area contributed by atoms with E-state index in [4.69, 9.17) is 5.73 Å². The van der Waals surface area contributed by atoms with Crippen LogP contribution in [0.2, 0.25) is 0 Å². The highest BCUT2D eigenvalue weighted by Gasteiger charge is 2.15. The maximum Gasteiger partial charge on any atom is 0.240 e. The Bertz CT molecular complexity index is 779. The molecule has 0 amide bonds. The van der Waals surface area contributed by atoms with E-state index in [1.807, 2.05) is 0 Å². The van der Waals surface area contributed by atoms with E-state index in [9.17, 15) is 12.8 Å². The molecular formula is C12H14FN5O2S. The van der Waals surface area contributed by atoms with E-state index in [0.29, 0.717) is 11.3 Å². The summed E-state index contributed by atoms with van der Waals surface area (Å²) in [5.41, 5.74) is 6.38. The van der Waals surface area contributed by atoms with E-state index in [2.05, 4.69) is 20.0 Å². The van der Waals surface area contributed by atoms with Crippen LogP contribution in [0.1, 0.15) is 5.56 Å². The van der Waals surface area contributed by atoms with Gasteiger partial charge >= 0.3 is 0 Å². The summed E-state index contributed by atoms with van der Waals surface area (Å²) in [5, 5.41) is 2.77. The summed E-state index contributed by atoms with van der Waals surface area (Å²) in [6, 6.07) is 4.73. The van der Waals surface area contributed by atoms with Crippen LogP contribution in [-0.2, 0) is 10.0 Å². The maximum absolute atomic E-state index is 13.0. The van der Waals surface area contributed by atoms with E-state index in [0.717, 1.165) is 6.20 Å². The third kappa shape index (κ3) is 3.26. The van der Waals surface area contributed by atoms with Crippen molar-refractivity contribution in [2.24, 2.45) is 0 Å². The quantitative estimate of drug-likeness (QED) is 0.781. The molecule has 7 nitrogen and oxygen atoms in total. The molecule has 0 fully saturated rings. The van der Waals surface area contributed by atoms with Gasteiger partial charge in [0.15, 0.2) is 11.6 Å². The average molecular weight is 311 g/mol. The van der Waals surface area contributed by atoms with E-state index in [1.165, 1.54) is 13.1 Å². The van der Waals surface area contributed by atoms with Crippen LogP contribution in [0.5, 0.6) is 0 Å². The lowest BCUT2D eigenvalue weighted by atomic mass is 10.2. The van der Waals surface area contributed by atoms with Crippen LogP contribution in [0.4, 0.5) is 21.8 Å². The molecule has 9 heteroatoms. The average Bonchev–Trinajstić information content (AvgIpc) is 2.45. The molecule has 0 aliphatic carbocycles. The van der Waals surface area contributed by atoms with Gasteiger partial charge in [-0.25, -0.2) is 22.5 Å². The second-order valence-corrected chi connectivity index (χ2v) is 6.09. The first kappa shape index (κ1) is 15.1. The van der Waals surface area contributed by atoms with Gasteiger partial charge < -0.3 is 11.1 Å². The van der Waals surface area contributed by atoms with Crippen molar-refractivity contribution in [2.75, 3.05) is 18.1 Å². The number of aryl methyl sites for hydroxylation is 1. The Balaban J connectivity index is 2.37. The number of nitrogens with one attached hydrogen (secondary N) is 2. The van der Waals surface area contributed by atoms with Gasteiger partial charge in [0.2, 0.25) is 16.0 Å². The smallest absolute Gasteiger partial charge is 0.240 e. The van der Waals surface area contributed by atoms with E-state index in [1.54, 1.807) is 19.1 Å². The second-order valence-electron chi connectivity index (χ2n) is 4.24. The van der Waals surface area contributed by atoms with Gasteiger partial charge in [0.25, 0.3) is 0 Å². The molecule has 112 valence electrons. The van der Waals surface area contributed by atoms with Crippen molar-refractivity contribution in [3.63, 3.8) is 0 Å². The van der Waals surface area contributed by atoms with Crippen LogP contribution in [0.3, 0.4) is 0 Å². The minimum atomic E-state index is -3.57. The molecule has 4 N–H and O–H groups in total. The lowest BCUT2D eigenvalue weighted by molar-refractivity contribution is 0.587. The van der Waals surface area contributed by atoms with Crippen LogP contribution in [-0.4, -0.2) is 25.4 Å². The molecule has 0 saturated carbocycles. The first-order valence-corrected chi connectivity index (χ1v) is 7.41. The van der Waals surface area contributed by atoms with Gasteiger partial charge in [-0.3, -0.25) is 0 Å². The molecule has 0 atom stereocenters. The SMILES string of the molecule is CNS(=O)(=O)c1cc(Nc2ncc(F)c(N)n2)ccc1C. The number of nitrogen functional groups attached to an aromatic ring is 1. The Kier molecular flexibility index (Phi) is 4.05. The summed E-state index contributed by atoms with van der Waals surface area (Å²) in [6.07, 6.45) is 0.935. The lowest BCUT2D eigenvalue weighted by Gasteiger charge is -2.10. The normalized spacial score (nSPS) is 11.4. The lowest BCUT2D eigenvalue weighted by Crippen LogP contribution is -2.19. The van der Waals surface area contributed by atoms with Gasteiger partial charge in [-0.15, -0.1) is 0 Å². The van der Waals surface area contributed by atoms with Gasteiger partial charge in [0.1, 0.15) is 0 Å². The molecule has 1 aromatic heterocycles. The maximum atomic E-state index is 13.0. The molecule has 21 heavy (non-hydrogen) atoms. The predicted molar refractivity (Wildman–Crippen MR) is 77.1 cm³/mol. The Morgan fingerprint density at radius 2 is 2.05 bits per heavy atom. The molecule has 0 unspecified atom stereocenters. The minimum Gasteiger partial charge on any atom is -0.381 e. The van der Waals surface area contributed by atoms with Gasteiger partial charge in [0, 0.05) is 5.69 Å². The number of rotatable bonds is 4. The van der Waals surface area contributed by atoms with Gasteiger partial charge in [-0.1, -0.05) is 6.07 Å². The van der Waals surface area contributed by atoms with Crippen molar-refractivity contribution < 1.29 is 12.8 Å². The molecule has 0 aliphatic rings. The highest BCUT2D eigenvalue weighted by atomic mass is 32.2. The van der Waals surface area contributed by atoms with Crippen molar-refractivity contribution in [1.82, 2.24) is 14.7 Å². The molecule has 0 saturated heterocycles. The summed E-state index contributed by atoms with van der Waals surface area (Å²) in [7, 11) is -2.24. The summed E-state index contributed by atoms with van der Waals surface area (Å²) in [4.78, 5) is 7.57. The summed E-state index contributed by atoms with van der Waals surface area (Å²) < 4.78 is 39.0. The third-order valence-electron chi connectivity index (χ3n) is 2.77. The van der Waals surface area contributed by atoms with Crippen molar-refractivity contribution in [1.29, 1.82) is 0 Å². The monoisotopic (exact) mass is 311 g/mol. The fraction of sp³-hybridized carbons (Fsp3) is 0.167. The Labute approximate surface area is 121 Å². The van der Waals surface area contributed by atoms with Gasteiger partial charge in [0.05, 0.1) is 11.1 Å². The van der Waals surface area contributed by atoms with E-state index in [-0.39, 0.29) is 16.7 Å². The zero-order valence-electron chi connectivity index (χ0n) is 11.4. The Hall–Kier alpha value is -2.26. The molecule has 1 aromatic carbocycles. The first-order chi connectivity index (χ1) is 9.83. The highest BCUT2D eigenvalue weighted by molar-refractivity contribution is 7.89. The van der Waals surface area contributed by atoms with Crippen molar-refractivity contribution >= 4 is 27.5 Å². The predicted octanol–water partition coefficient (Wildman–Crippen LogP) is 1.16. The number of aromatic nitrogens is 2. The number of hydrogen-bond donors (Lipinski definition) is 3. The van der Waals surface area contributed by atoms with Crippen LogP contribution in [0, 0.1) is 12.7 Å². The molecule has 0 radical (unpaired) electrons. The van der Waals surface area contributed by atoms with Crippen LogP contribution in [0.25, 0.3) is 0 Å². The van der Waals surface area contributed by atoms with Crippen molar-refractivity contribution in [2.45, 2.75) is 11.8 Å². The third-order valence-corrected chi connectivity index (χ3v) is 4.33. The van der Waals surface area contributed by atoms with Gasteiger partial charge in [-0.2, -0.15) is 4.98 Å². The molecule has 0 bridgehead atoms. The number of sulfonamides is 1. The fourth-order valence-electron chi connectivity index (χ4n) is 1.65. The van der Waals surface area contributed by atoms with Crippen molar-refractivity contribution in [3.8, 4) is 0 Å². The van der Waals surface area contributed by atoms with E-state index >= 15 is 0 Å². The number of hydrogen-bond acceptors (Lipinski definition) is 6. The Morgan fingerprint density at radius 3 is 2.67 bits per heavy atom. The highest BCUT2D eigenvalue weighted by Crippen LogP contribution is 2.22. The topological polar surface area (TPSA) is 110 Å². The first-order valence-electron chi connectivity index (χ1n) is 5.92. The molecule has 1 heterocycles. The molecule has 2 aromatic rings. The summed E-state index contributed by atoms with van der Waals surface area (Å²) >= 11 is 0. The number of benzene rings is 1. The number of halogens is 1. The van der Waals surface area contributed by atoms with Gasteiger partial charge in [-0.05, 0) is 31.7 Å². The van der Waals surface area contributed by atoms with Crippen LogP contribution < -0.4 is 15.8 Å². The van der Waals surface area contributed by atoms with Crippen LogP contribution >= 0.6 is 0 Å². The minimum absolute atomic E-state index is 0.0746. The summed E-state index contributed by atoms with van der Waals surface area (Å²) in [5.74, 6) is -0.934. The zero-order chi connectivity index (χ0) is 15.6. The van der Waals surface area contributed by atoms with Crippen molar-refractivity contribution in [3.05, 3.63) is 35.8 Å². The largest absolute Gasteiger partial charge is 0.381 e. The molecule has 0 aliphatic heterocycles. The molecular weight excluding hydrogens is 297 g/mol. The molecule has 0 spiro atoms. The van der Waals surface area contributed by atoms with Crippen LogP contribution in [0.15, 0.2) is 29.3 Å². The number of nitrogens with zero attached hydrogens (tertiary/aromatic N) is 2. The second kappa shape index (κ2) is 5.62. The molecule has 2 rings (SSSR count). The summed E-state index contributed by atoms with van der Waals surface area (Å²) in [6.45, 7) is 1.68. The van der Waals surface area contributed by atoms with E-state index < -0.39 is 15.8 Å². The standard InChI is InChI=1S/C12H14FN5O2S/c1-7-3-4-8(5-10(7)21(19,20)15-2)17-12-16-6-9(13)11(14)18-12/h3-6,15H,1-2H3,(H3,14,16,17,18). The zero-order valence-corrected chi connectivity index (χ0v) is 12.2. The number of nitrogens with two attached hydrogens (primary N) is 1. The number of anilines is 3.